The molecule has 8 nitrogen and oxygen atoms in total. The first-order valence-corrected chi connectivity index (χ1v) is 10.4. The number of hydrogen-bond acceptors (Lipinski definition) is 6. The second kappa shape index (κ2) is 7.85. The van der Waals surface area contributed by atoms with E-state index in [9.17, 15) is 9.59 Å². The van der Waals surface area contributed by atoms with Gasteiger partial charge in [0.1, 0.15) is 5.69 Å². The Morgan fingerprint density at radius 1 is 1.13 bits per heavy atom. The van der Waals surface area contributed by atoms with Crippen LogP contribution in [0.2, 0.25) is 0 Å². The molecule has 5 rings (SSSR count). The normalized spacial score (nSPS) is 19.6. The molecule has 0 radical (unpaired) electrons. The minimum absolute atomic E-state index is 0.00629. The Bertz CT molecular complexity index is 1090. The van der Waals surface area contributed by atoms with Gasteiger partial charge in [0, 0.05) is 37.6 Å². The highest BCUT2D eigenvalue weighted by Crippen LogP contribution is 2.30. The second-order valence-electron chi connectivity index (χ2n) is 7.92. The first kappa shape index (κ1) is 18.7. The standard InChI is InChI=1S/C22H23N5O3/c28-18-8-4-12-27(18)14-19(29)26-11-3-6-16(13-26)21-24-25-22(30-21)20-17-7-2-1-5-15(17)9-10-23-20/h1-2,5,7,9-10,16H,3-4,6,8,11-14H2/t16-/m0/s1. The predicted octanol–water partition coefficient (Wildman–Crippen LogP) is 2.61. The van der Waals surface area contributed by atoms with Gasteiger partial charge in [-0.05, 0) is 30.7 Å². The molecule has 2 fully saturated rings. The molecule has 4 heterocycles. The third kappa shape index (κ3) is 3.53. The molecule has 2 aromatic heterocycles. The molecule has 2 aliphatic rings. The maximum absolute atomic E-state index is 12.7. The lowest BCUT2D eigenvalue weighted by atomic mass is 9.98. The summed E-state index contributed by atoms with van der Waals surface area (Å²) >= 11 is 0. The summed E-state index contributed by atoms with van der Waals surface area (Å²) in [5.74, 6) is 0.988. The van der Waals surface area contributed by atoms with Crippen molar-refractivity contribution in [2.24, 2.45) is 0 Å². The molecule has 0 spiro atoms. The number of hydrogen-bond donors (Lipinski definition) is 0. The number of aromatic nitrogens is 3. The molecule has 2 saturated heterocycles. The van der Waals surface area contributed by atoms with E-state index < -0.39 is 0 Å². The highest BCUT2D eigenvalue weighted by molar-refractivity contribution is 5.92. The number of amides is 2. The summed E-state index contributed by atoms with van der Waals surface area (Å²) in [5, 5.41) is 10.5. The Labute approximate surface area is 173 Å². The SMILES string of the molecule is O=C1CCCN1CC(=O)N1CCC[C@H](c2nnc(-c3nccc4ccccc34)o2)C1. The summed E-state index contributed by atoms with van der Waals surface area (Å²) in [4.78, 5) is 32.4. The molecule has 30 heavy (non-hydrogen) atoms. The molecule has 3 aromatic rings. The summed E-state index contributed by atoms with van der Waals surface area (Å²) in [6.07, 6.45) is 4.87. The zero-order valence-corrected chi connectivity index (χ0v) is 16.7. The number of nitrogens with zero attached hydrogens (tertiary/aromatic N) is 5. The van der Waals surface area contributed by atoms with Crippen LogP contribution in [0.1, 0.15) is 37.5 Å². The lowest BCUT2D eigenvalue weighted by Crippen LogP contribution is -2.45. The van der Waals surface area contributed by atoms with E-state index >= 15 is 0 Å². The third-order valence-corrected chi connectivity index (χ3v) is 5.94. The highest BCUT2D eigenvalue weighted by atomic mass is 16.4. The summed E-state index contributed by atoms with van der Waals surface area (Å²) in [5.41, 5.74) is 0.670. The maximum Gasteiger partial charge on any atom is 0.266 e. The van der Waals surface area contributed by atoms with Crippen LogP contribution in [0.4, 0.5) is 0 Å². The number of piperidine rings is 1. The summed E-state index contributed by atoms with van der Waals surface area (Å²) in [6, 6.07) is 9.90. The number of carbonyl (C=O) groups excluding carboxylic acids is 2. The molecule has 0 saturated carbocycles. The lowest BCUT2D eigenvalue weighted by Gasteiger charge is -2.32. The van der Waals surface area contributed by atoms with E-state index in [0.29, 0.717) is 43.5 Å². The smallest absolute Gasteiger partial charge is 0.266 e. The van der Waals surface area contributed by atoms with Crippen molar-refractivity contribution >= 4 is 22.6 Å². The molecular formula is C22H23N5O3. The number of likely N-dealkylation sites (tertiary alicyclic amines) is 2. The van der Waals surface area contributed by atoms with E-state index in [1.807, 2.05) is 35.2 Å². The van der Waals surface area contributed by atoms with Crippen LogP contribution in [0.5, 0.6) is 0 Å². The lowest BCUT2D eigenvalue weighted by molar-refractivity contribution is -0.139. The van der Waals surface area contributed by atoms with E-state index in [2.05, 4.69) is 15.2 Å². The first-order valence-electron chi connectivity index (χ1n) is 10.4. The van der Waals surface area contributed by atoms with Gasteiger partial charge in [-0.25, -0.2) is 0 Å². The molecule has 8 heteroatoms. The molecule has 0 N–H and O–H groups in total. The average molecular weight is 405 g/mol. The van der Waals surface area contributed by atoms with Crippen molar-refractivity contribution in [1.29, 1.82) is 0 Å². The van der Waals surface area contributed by atoms with Gasteiger partial charge in [-0.2, -0.15) is 0 Å². The van der Waals surface area contributed by atoms with E-state index in [0.717, 1.165) is 30.0 Å². The molecular weight excluding hydrogens is 382 g/mol. The van der Waals surface area contributed by atoms with Gasteiger partial charge < -0.3 is 14.2 Å². The van der Waals surface area contributed by atoms with Crippen LogP contribution in [0.15, 0.2) is 40.9 Å². The fraction of sp³-hybridized carbons (Fsp3) is 0.409. The van der Waals surface area contributed by atoms with E-state index in [-0.39, 0.29) is 24.3 Å². The Morgan fingerprint density at radius 3 is 2.90 bits per heavy atom. The monoisotopic (exact) mass is 405 g/mol. The fourth-order valence-electron chi connectivity index (χ4n) is 4.33. The van der Waals surface area contributed by atoms with Gasteiger partial charge in [0.05, 0.1) is 12.5 Å². The van der Waals surface area contributed by atoms with Gasteiger partial charge in [0.2, 0.25) is 17.7 Å². The molecule has 0 aliphatic carbocycles. The molecule has 154 valence electrons. The van der Waals surface area contributed by atoms with Gasteiger partial charge >= 0.3 is 0 Å². The van der Waals surface area contributed by atoms with Crippen molar-refractivity contribution in [2.75, 3.05) is 26.2 Å². The largest absolute Gasteiger partial charge is 0.419 e. The van der Waals surface area contributed by atoms with Gasteiger partial charge in [-0.3, -0.25) is 14.6 Å². The van der Waals surface area contributed by atoms with Gasteiger partial charge in [0.25, 0.3) is 5.89 Å². The van der Waals surface area contributed by atoms with Crippen molar-refractivity contribution in [2.45, 2.75) is 31.6 Å². The van der Waals surface area contributed by atoms with Gasteiger partial charge in [0.15, 0.2) is 0 Å². The Kier molecular flexibility index (Phi) is 4.90. The number of carbonyl (C=O) groups is 2. The van der Waals surface area contributed by atoms with Crippen LogP contribution >= 0.6 is 0 Å². The summed E-state index contributed by atoms with van der Waals surface area (Å²) < 4.78 is 6.01. The van der Waals surface area contributed by atoms with Crippen LogP contribution in [-0.4, -0.2) is 63.0 Å². The minimum Gasteiger partial charge on any atom is -0.419 e. The molecule has 0 bridgehead atoms. The van der Waals surface area contributed by atoms with Crippen molar-refractivity contribution in [3.05, 3.63) is 42.4 Å². The van der Waals surface area contributed by atoms with Crippen LogP contribution in [-0.2, 0) is 9.59 Å². The topological polar surface area (TPSA) is 92.4 Å². The summed E-state index contributed by atoms with van der Waals surface area (Å²) in [6.45, 7) is 2.07. The Hall–Kier alpha value is -3.29. The number of benzene rings is 1. The fourth-order valence-corrected chi connectivity index (χ4v) is 4.33. The average Bonchev–Trinajstić information content (AvgIpc) is 3.43. The van der Waals surface area contributed by atoms with Crippen LogP contribution in [0.25, 0.3) is 22.4 Å². The summed E-state index contributed by atoms with van der Waals surface area (Å²) in [7, 11) is 0. The zero-order chi connectivity index (χ0) is 20.5. The minimum atomic E-state index is -0.00888. The zero-order valence-electron chi connectivity index (χ0n) is 16.7. The molecule has 2 aliphatic heterocycles. The van der Waals surface area contributed by atoms with Crippen molar-refractivity contribution in [1.82, 2.24) is 25.0 Å². The number of pyridine rings is 1. The highest BCUT2D eigenvalue weighted by Gasteiger charge is 2.31. The van der Waals surface area contributed by atoms with Crippen molar-refractivity contribution in [3.63, 3.8) is 0 Å². The number of fused-ring (bicyclic) bond motifs is 1. The number of rotatable bonds is 4. The predicted molar refractivity (Wildman–Crippen MR) is 109 cm³/mol. The molecule has 2 amide bonds. The van der Waals surface area contributed by atoms with Crippen molar-refractivity contribution in [3.8, 4) is 11.6 Å². The molecule has 1 aromatic carbocycles. The van der Waals surface area contributed by atoms with Crippen LogP contribution in [0.3, 0.4) is 0 Å². The third-order valence-electron chi connectivity index (χ3n) is 5.94. The maximum atomic E-state index is 12.7. The second-order valence-corrected chi connectivity index (χ2v) is 7.92. The van der Waals surface area contributed by atoms with E-state index in [1.54, 1.807) is 11.1 Å². The Morgan fingerprint density at radius 2 is 2.03 bits per heavy atom. The van der Waals surface area contributed by atoms with E-state index in [4.69, 9.17) is 4.42 Å². The van der Waals surface area contributed by atoms with Crippen LogP contribution in [0, 0.1) is 0 Å². The van der Waals surface area contributed by atoms with Gasteiger partial charge in [-0.1, -0.05) is 24.3 Å². The van der Waals surface area contributed by atoms with Crippen LogP contribution < -0.4 is 0 Å². The molecule has 0 unspecified atom stereocenters. The molecule has 1 atom stereocenters. The first-order chi connectivity index (χ1) is 14.7. The quantitative estimate of drug-likeness (QED) is 0.663. The Balaban J connectivity index is 1.32. The van der Waals surface area contributed by atoms with Crippen molar-refractivity contribution < 1.29 is 14.0 Å². The van der Waals surface area contributed by atoms with Gasteiger partial charge in [-0.15, -0.1) is 10.2 Å². The van der Waals surface area contributed by atoms with E-state index in [1.165, 1.54) is 0 Å².